The zero-order chi connectivity index (χ0) is 18.2. The maximum Gasteiger partial charge on any atom is 0.125 e. The van der Waals surface area contributed by atoms with Crippen LogP contribution >= 0.6 is 0 Å². The topological polar surface area (TPSA) is 19.0 Å². The Labute approximate surface area is 159 Å². The molecule has 3 heteroatoms. The van der Waals surface area contributed by atoms with Crippen LogP contribution in [0.1, 0.15) is 29.7 Å². The van der Waals surface area contributed by atoms with E-state index in [9.17, 15) is 4.39 Å². The highest BCUT2D eigenvalue weighted by Crippen LogP contribution is 2.33. The summed E-state index contributed by atoms with van der Waals surface area (Å²) in [6, 6.07) is 15.9. The molecule has 0 amide bonds. The number of fused-ring (bicyclic) bond motifs is 3. The summed E-state index contributed by atoms with van der Waals surface area (Å²) in [5, 5.41) is 1.21. The highest BCUT2D eigenvalue weighted by atomic mass is 19.1. The van der Waals surface area contributed by atoms with E-state index in [0.29, 0.717) is 5.92 Å². The molecular formula is C24H25FN2. The average molecular weight is 360 g/mol. The van der Waals surface area contributed by atoms with Crippen molar-refractivity contribution >= 4 is 16.5 Å². The fourth-order valence-electron chi connectivity index (χ4n) is 4.78. The molecule has 138 valence electrons. The Bertz CT molecular complexity index is 986. The fourth-order valence-corrected chi connectivity index (χ4v) is 4.78. The second kappa shape index (κ2) is 6.97. The van der Waals surface area contributed by atoms with Crippen LogP contribution in [0.25, 0.3) is 16.5 Å². The van der Waals surface area contributed by atoms with Crippen LogP contribution in [0.15, 0.2) is 54.6 Å². The second-order valence-electron chi connectivity index (χ2n) is 7.99. The van der Waals surface area contributed by atoms with Crippen LogP contribution in [0.3, 0.4) is 0 Å². The van der Waals surface area contributed by atoms with Crippen LogP contribution in [0, 0.1) is 11.7 Å². The molecule has 0 bridgehead atoms. The standard InChI is InChI=1S/C24H25FN2/c25-20-7-8-21-22-14-17(6-9-23(22)26-24(21)15-20)16-27-12-10-19(11-13-27)18-4-2-1-3-5-18/h1-5,7-8,10,15,17,26H,6,9,11-14,16H2. The maximum absolute atomic E-state index is 13.5. The summed E-state index contributed by atoms with van der Waals surface area (Å²) in [5.74, 6) is 0.528. The molecule has 2 nitrogen and oxygen atoms in total. The predicted octanol–water partition coefficient (Wildman–Crippen LogP) is 5.20. The number of H-pyrrole nitrogens is 1. The van der Waals surface area contributed by atoms with Crippen molar-refractivity contribution in [3.63, 3.8) is 0 Å². The zero-order valence-electron chi connectivity index (χ0n) is 15.5. The highest BCUT2D eigenvalue weighted by Gasteiger charge is 2.25. The molecular weight excluding hydrogens is 335 g/mol. The number of benzene rings is 2. The summed E-state index contributed by atoms with van der Waals surface area (Å²) in [6.45, 7) is 3.35. The summed E-state index contributed by atoms with van der Waals surface area (Å²) >= 11 is 0. The molecule has 1 aliphatic carbocycles. The van der Waals surface area contributed by atoms with Crippen molar-refractivity contribution in [2.45, 2.75) is 25.7 Å². The summed E-state index contributed by atoms with van der Waals surface area (Å²) in [6.07, 6.45) is 6.94. The van der Waals surface area contributed by atoms with Gasteiger partial charge in [0.2, 0.25) is 0 Å². The molecule has 1 aliphatic heterocycles. The van der Waals surface area contributed by atoms with Crippen molar-refractivity contribution in [1.29, 1.82) is 0 Å². The van der Waals surface area contributed by atoms with Crippen LogP contribution in [0.5, 0.6) is 0 Å². The molecule has 0 saturated carbocycles. The van der Waals surface area contributed by atoms with E-state index in [1.165, 1.54) is 34.2 Å². The lowest BCUT2D eigenvalue weighted by molar-refractivity contribution is 0.238. The van der Waals surface area contributed by atoms with Gasteiger partial charge in [0.15, 0.2) is 0 Å². The summed E-state index contributed by atoms with van der Waals surface area (Å²) in [4.78, 5) is 6.04. The van der Waals surface area contributed by atoms with Crippen molar-refractivity contribution in [3.8, 4) is 0 Å². The minimum Gasteiger partial charge on any atom is -0.358 e. The van der Waals surface area contributed by atoms with Gasteiger partial charge in [-0.3, -0.25) is 4.90 Å². The number of aromatic nitrogens is 1. The first-order valence-electron chi connectivity index (χ1n) is 10.0. The van der Waals surface area contributed by atoms with E-state index >= 15 is 0 Å². The Balaban J connectivity index is 1.27. The largest absolute Gasteiger partial charge is 0.358 e. The molecule has 0 fully saturated rings. The molecule has 0 spiro atoms. The van der Waals surface area contributed by atoms with Gasteiger partial charge in [-0.25, -0.2) is 4.39 Å². The molecule has 0 radical (unpaired) electrons. The van der Waals surface area contributed by atoms with Gasteiger partial charge >= 0.3 is 0 Å². The normalized spacial score (nSPS) is 20.5. The molecule has 1 unspecified atom stereocenters. The van der Waals surface area contributed by atoms with Gasteiger partial charge in [0.05, 0.1) is 0 Å². The first kappa shape index (κ1) is 16.8. The third-order valence-electron chi connectivity index (χ3n) is 6.21. The van der Waals surface area contributed by atoms with Crippen molar-refractivity contribution in [2.75, 3.05) is 19.6 Å². The zero-order valence-corrected chi connectivity index (χ0v) is 15.5. The monoisotopic (exact) mass is 360 g/mol. The van der Waals surface area contributed by atoms with Gasteiger partial charge in [0.25, 0.3) is 0 Å². The smallest absolute Gasteiger partial charge is 0.125 e. The minimum atomic E-state index is -0.160. The predicted molar refractivity (Wildman–Crippen MR) is 109 cm³/mol. The lowest BCUT2D eigenvalue weighted by atomic mass is 9.85. The molecule has 2 heterocycles. The van der Waals surface area contributed by atoms with E-state index in [1.807, 2.05) is 6.07 Å². The minimum absolute atomic E-state index is 0.160. The molecule has 27 heavy (non-hydrogen) atoms. The van der Waals surface area contributed by atoms with Crippen molar-refractivity contribution in [2.24, 2.45) is 5.92 Å². The van der Waals surface area contributed by atoms with Crippen LogP contribution in [0.2, 0.25) is 0 Å². The Morgan fingerprint density at radius 2 is 1.96 bits per heavy atom. The SMILES string of the molecule is Fc1ccc2c3c([nH]c2c1)CCC(CN1CC=C(c2ccccc2)CC1)C3. The fraction of sp³-hybridized carbons (Fsp3) is 0.333. The van der Waals surface area contributed by atoms with Gasteiger partial charge in [-0.15, -0.1) is 0 Å². The molecule has 1 aromatic heterocycles. The molecule has 1 N–H and O–H groups in total. The number of rotatable bonds is 3. The maximum atomic E-state index is 13.5. The lowest BCUT2D eigenvalue weighted by Gasteiger charge is -2.32. The van der Waals surface area contributed by atoms with Crippen molar-refractivity contribution in [3.05, 3.63) is 77.2 Å². The third kappa shape index (κ3) is 3.32. The summed E-state index contributed by atoms with van der Waals surface area (Å²) in [5.41, 5.74) is 6.53. The molecule has 3 aromatic rings. The van der Waals surface area contributed by atoms with E-state index in [-0.39, 0.29) is 5.82 Å². The van der Waals surface area contributed by atoms with Crippen LogP contribution in [-0.4, -0.2) is 29.5 Å². The van der Waals surface area contributed by atoms with Crippen LogP contribution in [-0.2, 0) is 12.8 Å². The number of hydrogen-bond donors (Lipinski definition) is 1. The number of hydrogen-bond acceptors (Lipinski definition) is 1. The Morgan fingerprint density at radius 1 is 1.07 bits per heavy atom. The van der Waals surface area contributed by atoms with Crippen LogP contribution in [0.4, 0.5) is 4.39 Å². The van der Waals surface area contributed by atoms with Gasteiger partial charge in [0, 0.05) is 36.2 Å². The Morgan fingerprint density at radius 3 is 2.78 bits per heavy atom. The van der Waals surface area contributed by atoms with E-state index in [0.717, 1.165) is 44.4 Å². The number of nitrogens with one attached hydrogen (secondary N) is 1. The summed E-state index contributed by atoms with van der Waals surface area (Å²) < 4.78 is 13.5. The quantitative estimate of drug-likeness (QED) is 0.680. The van der Waals surface area contributed by atoms with Crippen molar-refractivity contribution in [1.82, 2.24) is 9.88 Å². The van der Waals surface area contributed by atoms with E-state index in [1.54, 1.807) is 12.1 Å². The number of halogens is 1. The van der Waals surface area contributed by atoms with Gasteiger partial charge in [-0.05, 0) is 66.5 Å². The van der Waals surface area contributed by atoms with Crippen LogP contribution < -0.4 is 0 Å². The first-order chi connectivity index (χ1) is 13.3. The third-order valence-corrected chi connectivity index (χ3v) is 6.21. The first-order valence-corrected chi connectivity index (χ1v) is 10.0. The van der Waals surface area contributed by atoms with Gasteiger partial charge < -0.3 is 4.98 Å². The molecule has 2 aliphatic rings. The molecule has 0 saturated heterocycles. The average Bonchev–Trinajstić information content (AvgIpc) is 3.06. The Hall–Kier alpha value is -2.39. The Kier molecular flexibility index (Phi) is 4.33. The van der Waals surface area contributed by atoms with E-state index in [2.05, 4.69) is 46.3 Å². The summed E-state index contributed by atoms with van der Waals surface area (Å²) in [7, 11) is 0. The molecule has 5 rings (SSSR count). The van der Waals surface area contributed by atoms with E-state index < -0.39 is 0 Å². The van der Waals surface area contributed by atoms with Gasteiger partial charge in [0.1, 0.15) is 5.82 Å². The molecule has 2 aromatic carbocycles. The van der Waals surface area contributed by atoms with Gasteiger partial charge in [-0.2, -0.15) is 0 Å². The second-order valence-corrected chi connectivity index (χ2v) is 7.99. The molecule has 1 atom stereocenters. The number of aryl methyl sites for hydroxylation is 1. The van der Waals surface area contributed by atoms with E-state index in [4.69, 9.17) is 0 Å². The van der Waals surface area contributed by atoms with Crippen molar-refractivity contribution < 1.29 is 4.39 Å². The number of aromatic amines is 1. The highest BCUT2D eigenvalue weighted by molar-refractivity contribution is 5.85. The number of nitrogens with zero attached hydrogens (tertiary/aromatic N) is 1. The van der Waals surface area contributed by atoms with Gasteiger partial charge in [-0.1, -0.05) is 36.4 Å². The lowest BCUT2D eigenvalue weighted by Crippen LogP contribution is -2.35.